The second-order valence-corrected chi connectivity index (χ2v) is 5.83. The van der Waals surface area contributed by atoms with E-state index in [2.05, 4.69) is 33.9 Å². The van der Waals surface area contributed by atoms with Crippen LogP contribution in [0.1, 0.15) is 30.8 Å². The summed E-state index contributed by atoms with van der Waals surface area (Å²) in [6, 6.07) is 4.09. The molecule has 2 aromatic rings. The van der Waals surface area contributed by atoms with Gasteiger partial charge < -0.3 is 4.90 Å². The van der Waals surface area contributed by atoms with Gasteiger partial charge in [0.2, 0.25) is 0 Å². The van der Waals surface area contributed by atoms with Gasteiger partial charge in [0.1, 0.15) is 6.33 Å². The van der Waals surface area contributed by atoms with E-state index in [1.165, 1.54) is 0 Å². The Morgan fingerprint density at radius 2 is 2.00 bits per heavy atom. The molecule has 1 atom stereocenters. The molecule has 0 bridgehead atoms. The summed E-state index contributed by atoms with van der Waals surface area (Å²) in [5, 5.41) is 8.19. The summed E-state index contributed by atoms with van der Waals surface area (Å²) in [5.74, 6) is 0.610. The minimum atomic E-state index is -0.0431. The Hall–Kier alpha value is -2.28. The highest BCUT2D eigenvalue weighted by Gasteiger charge is 2.25. The molecule has 7 heteroatoms. The molecule has 1 fully saturated rings. The van der Waals surface area contributed by atoms with Gasteiger partial charge in [-0.05, 0) is 25.5 Å². The molecule has 0 saturated carbocycles. The topological polar surface area (TPSA) is 67.2 Å². The highest BCUT2D eigenvalue weighted by molar-refractivity contribution is 5.92. The Morgan fingerprint density at radius 1 is 1.22 bits per heavy atom. The van der Waals surface area contributed by atoms with Crippen molar-refractivity contribution in [2.24, 2.45) is 0 Å². The van der Waals surface area contributed by atoms with Gasteiger partial charge >= 0.3 is 0 Å². The van der Waals surface area contributed by atoms with Crippen LogP contribution in [0.3, 0.4) is 0 Å². The molecule has 7 nitrogen and oxygen atoms in total. The van der Waals surface area contributed by atoms with E-state index in [0.29, 0.717) is 17.6 Å². The average molecular weight is 314 g/mol. The number of piperazine rings is 1. The third-order valence-electron chi connectivity index (χ3n) is 4.45. The van der Waals surface area contributed by atoms with Gasteiger partial charge in [0, 0.05) is 44.6 Å². The lowest BCUT2D eigenvalue weighted by Crippen LogP contribution is -2.51. The van der Waals surface area contributed by atoms with Crippen LogP contribution < -0.4 is 0 Å². The second-order valence-electron chi connectivity index (χ2n) is 5.83. The van der Waals surface area contributed by atoms with Crippen LogP contribution in [0.5, 0.6) is 0 Å². The molecule has 0 aliphatic carbocycles. The number of rotatable bonds is 4. The van der Waals surface area contributed by atoms with Gasteiger partial charge in [-0.3, -0.25) is 14.3 Å². The van der Waals surface area contributed by atoms with Crippen molar-refractivity contribution >= 4 is 5.91 Å². The molecule has 1 amide bonds. The molecule has 0 radical (unpaired) electrons. The molecule has 3 heterocycles. The highest BCUT2D eigenvalue weighted by atomic mass is 16.2. The fraction of sp³-hybridized carbons (Fsp3) is 0.500. The molecular formula is C16H22N6O. The van der Waals surface area contributed by atoms with Crippen molar-refractivity contribution in [2.75, 3.05) is 26.2 Å². The summed E-state index contributed by atoms with van der Waals surface area (Å²) in [5.41, 5.74) is 0.394. The molecule has 1 aliphatic heterocycles. The van der Waals surface area contributed by atoms with Gasteiger partial charge in [0.05, 0.1) is 0 Å². The number of carbonyl (C=O) groups is 1. The summed E-state index contributed by atoms with van der Waals surface area (Å²) in [6.45, 7) is 7.75. The third kappa shape index (κ3) is 3.39. The molecular weight excluding hydrogens is 292 g/mol. The zero-order chi connectivity index (χ0) is 16.2. The van der Waals surface area contributed by atoms with Crippen LogP contribution in [0.2, 0.25) is 0 Å². The Morgan fingerprint density at radius 3 is 2.57 bits per heavy atom. The van der Waals surface area contributed by atoms with Gasteiger partial charge in [0.25, 0.3) is 5.91 Å². The van der Waals surface area contributed by atoms with E-state index in [1.807, 2.05) is 4.90 Å². The van der Waals surface area contributed by atoms with Crippen molar-refractivity contribution in [3.8, 4) is 5.82 Å². The Bertz CT molecular complexity index is 631. The van der Waals surface area contributed by atoms with E-state index in [4.69, 9.17) is 0 Å². The van der Waals surface area contributed by atoms with Crippen LogP contribution in [0.4, 0.5) is 0 Å². The molecule has 1 unspecified atom stereocenters. The molecule has 2 aromatic heterocycles. The minimum Gasteiger partial charge on any atom is -0.335 e. The van der Waals surface area contributed by atoms with Gasteiger partial charge in [-0.15, -0.1) is 10.2 Å². The normalized spacial score (nSPS) is 17.2. The van der Waals surface area contributed by atoms with Crippen LogP contribution in [0, 0.1) is 0 Å². The van der Waals surface area contributed by atoms with Crippen molar-refractivity contribution in [1.29, 1.82) is 0 Å². The lowest BCUT2D eigenvalue weighted by molar-refractivity contribution is 0.0573. The van der Waals surface area contributed by atoms with E-state index in [-0.39, 0.29) is 5.91 Å². The zero-order valence-corrected chi connectivity index (χ0v) is 13.6. The largest absolute Gasteiger partial charge is 0.335 e. The summed E-state index contributed by atoms with van der Waals surface area (Å²) in [6.07, 6.45) is 6.26. The predicted molar refractivity (Wildman–Crippen MR) is 86.4 cm³/mol. The molecule has 23 heavy (non-hydrogen) atoms. The first-order valence-corrected chi connectivity index (χ1v) is 8.04. The van der Waals surface area contributed by atoms with Crippen molar-refractivity contribution in [3.05, 3.63) is 36.5 Å². The van der Waals surface area contributed by atoms with Crippen molar-refractivity contribution < 1.29 is 4.79 Å². The van der Waals surface area contributed by atoms with Crippen LogP contribution >= 0.6 is 0 Å². The summed E-state index contributed by atoms with van der Waals surface area (Å²) < 4.78 is 1.76. The summed E-state index contributed by atoms with van der Waals surface area (Å²) in [4.78, 5) is 20.8. The lowest BCUT2D eigenvalue weighted by Gasteiger charge is -2.37. The fourth-order valence-electron chi connectivity index (χ4n) is 2.76. The zero-order valence-electron chi connectivity index (χ0n) is 13.6. The SMILES string of the molecule is CCC(C)N1CCN(C(=O)c2ccc(-n3ccnc3)nn2)CC1. The van der Waals surface area contributed by atoms with Gasteiger partial charge in [-0.1, -0.05) is 6.92 Å². The van der Waals surface area contributed by atoms with E-state index >= 15 is 0 Å². The minimum absolute atomic E-state index is 0.0431. The standard InChI is InChI=1S/C16H22N6O/c1-3-13(2)20-8-10-21(11-9-20)16(23)14-4-5-15(19-18-14)22-7-6-17-12-22/h4-7,12-13H,3,8-11H2,1-2H3. The molecule has 0 spiro atoms. The number of amides is 1. The number of hydrogen-bond acceptors (Lipinski definition) is 5. The number of imidazole rings is 1. The Kier molecular flexibility index (Phi) is 4.66. The number of aromatic nitrogens is 4. The predicted octanol–water partition coefficient (Wildman–Crippen LogP) is 1.22. The Balaban J connectivity index is 1.63. The summed E-state index contributed by atoms with van der Waals surface area (Å²) in [7, 11) is 0. The number of hydrogen-bond donors (Lipinski definition) is 0. The second kappa shape index (κ2) is 6.87. The lowest BCUT2D eigenvalue weighted by atomic mass is 10.2. The van der Waals surface area contributed by atoms with Crippen molar-refractivity contribution in [2.45, 2.75) is 26.3 Å². The molecule has 1 saturated heterocycles. The smallest absolute Gasteiger partial charge is 0.274 e. The van der Waals surface area contributed by atoms with Gasteiger partial charge in [-0.25, -0.2) is 4.98 Å². The fourth-order valence-corrected chi connectivity index (χ4v) is 2.76. The molecule has 3 rings (SSSR count). The van der Waals surface area contributed by atoms with E-state index in [9.17, 15) is 4.79 Å². The first-order chi connectivity index (χ1) is 11.2. The van der Waals surface area contributed by atoms with Crippen LogP contribution in [0.15, 0.2) is 30.9 Å². The van der Waals surface area contributed by atoms with Gasteiger partial charge in [-0.2, -0.15) is 0 Å². The first-order valence-electron chi connectivity index (χ1n) is 8.04. The maximum Gasteiger partial charge on any atom is 0.274 e. The third-order valence-corrected chi connectivity index (χ3v) is 4.45. The average Bonchev–Trinajstić information content (AvgIpc) is 3.15. The summed E-state index contributed by atoms with van der Waals surface area (Å²) >= 11 is 0. The van der Waals surface area contributed by atoms with Crippen molar-refractivity contribution in [3.63, 3.8) is 0 Å². The molecule has 122 valence electrons. The monoisotopic (exact) mass is 314 g/mol. The van der Waals surface area contributed by atoms with Crippen LogP contribution in [-0.4, -0.2) is 67.7 Å². The van der Waals surface area contributed by atoms with Gasteiger partial charge in [0.15, 0.2) is 11.5 Å². The van der Waals surface area contributed by atoms with E-state index in [1.54, 1.807) is 35.4 Å². The van der Waals surface area contributed by atoms with E-state index < -0.39 is 0 Å². The highest BCUT2D eigenvalue weighted by Crippen LogP contribution is 2.11. The molecule has 0 N–H and O–H groups in total. The number of carbonyl (C=O) groups excluding carboxylic acids is 1. The first kappa shape index (κ1) is 15.6. The maximum absolute atomic E-state index is 12.5. The van der Waals surface area contributed by atoms with Crippen LogP contribution in [-0.2, 0) is 0 Å². The Labute approximate surface area is 135 Å². The van der Waals surface area contributed by atoms with Crippen molar-refractivity contribution in [1.82, 2.24) is 29.5 Å². The maximum atomic E-state index is 12.5. The van der Waals surface area contributed by atoms with Crippen LogP contribution in [0.25, 0.3) is 5.82 Å². The number of nitrogens with zero attached hydrogens (tertiary/aromatic N) is 6. The molecule has 0 aromatic carbocycles. The van der Waals surface area contributed by atoms with E-state index in [0.717, 1.165) is 32.6 Å². The molecule has 1 aliphatic rings. The quantitative estimate of drug-likeness (QED) is 0.849.